The minimum Gasteiger partial charge on any atom is -0.374 e. The molecule has 0 aromatic carbocycles. The fraction of sp³-hybridized carbons (Fsp3) is 1.00. The number of rotatable bonds is 7. The Bertz CT molecular complexity index is 217. The van der Waals surface area contributed by atoms with Gasteiger partial charge in [-0.15, -0.1) is 0 Å². The zero-order valence-electron chi connectivity index (χ0n) is 12.7. The molecule has 108 valence electrons. The van der Waals surface area contributed by atoms with E-state index < -0.39 is 0 Å². The lowest BCUT2D eigenvalue weighted by atomic mass is 9.75. The molecule has 1 nitrogen and oxygen atoms in total. The Kier molecular flexibility index (Phi) is 7.52. The van der Waals surface area contributed by atoms with Gasteiger partial charge in [0.1, 0.15) is 0 Å². The van der Waals surface area contributed by atoms with Crippen LogP contribution in [0.2, 0.25) is 0 Å². The highest BCUT2D eigenvalue weighted by Gasteiger charge is 2.35. The van der Waals surface area contributed by atoms with E-state index in [2.05, 4.69) is 50.3 Å². The van der Waals surface area contributed by atoms with E-state index in [1.807, 2.05) is 0 Å². The third-order valence-corrected chi connectivity index (χ3v) is 5.85. The summed E-state index contributed by atoms with van der Waals surface area (Å²) >= 11 is 2.52. The van der Waals surface area contributed by atoms with Gasteiger partial charge in [-0.3, -0.25) is 0 Å². The minimum atomic E-state index is 0.211. The van der Waals surface area contributed by atoms with Gasteiger partial charge in [0.25, 0.3) is 0 Å². The third kappa shape index (κ3) is 5.36. The van der Waals surface area contributed by atoms with E-state index in [0.29, 0.717) is 0 Å². The van der Waals surface area contributed by atoms with Crippen molar-refractivity contribution in [2.75, 3.05) is 11.0 Å². The van der Waals surface area contributed by atoms with Crippen LogP contribution in [0.1, 0.15) is 66.2 Å². The van der Waals surface area contributed by atoms with Gasteiger partial charge in [-0.2, -0.15) is 0 Å². The summed E-state index contributed by atoms with van der Waals surface area (Å²) in [6, 6.07) is 0. The van der Waals surface area contributed by atoms with E-state index in [-0.39, 0.29) is 5.60 Å². The SMILES string of the molecule is CC(C)CCCOC1(CI)CCC(C(C)C)CC1. The Labute approximate surface area is 128 Å². The Morgan fingerprint density at radius 1 is 1.17 bits per heavy atom. The summed E-state index contributed by atoms with van der Waals surface area (Å²) in [5.74, 6) is 2.58. The molecular weight excluding hydrogens is 335 g/mol. The van der Waals surface area contributed by atoms with Crippen LogP contribution in [-0.2, 0) is 4.74 Å². The largest absolute Gasteiger partial charge is 0.374 e. The second-order valence-electron chi connectivity index (χ2n) is 6.78. The summed E-state index contributed by atoms with van der Waals surface area (Å²) in [4.78, 5) is 0. The lowest BCUT2D eigenvalue weighted by Crippen LogP contribution is -2.40. The molecule has 1 aliphatic carbocycles. The summed E-state index contributed by atoms with van der Waals surface area (Å²) < 4.78 is 7.45. The van der Waals surface area contributed by atoms with Crippen LogP contribution in [0.3, 0.4) is 0 Å². The second-order valence-corrected chi connectivity index (χ2v) is 7.55. The molecular formula is C16H31IO. The molecule has 0 bridgehead atoms. The molecule has 0 atom stereocenters. The highest BCUT2D eigenvalue weighted by atomic mass is 127. The van der Waals surface area contributed by atoms with E-state index in [1.165, 1.54) is 38.5 Å². The minimum absolute atomic E-state index is 0.211. The van der Waals surface area contributed by atoms with Crippen LogP contribution in [0.4, 0.5) is 0 Å². The summed E-state index contributed by atoms with van der Waals surface area (Å²) in [6.45, 7) is 10.3. The van der Waals surface area contributed by atoms with Gasteiger partial charge >= 0.3 is 0 Å². The lowest BCUT2D eigenvalue weighted by molar-refractivity contribution is -0.0638. The zero-order chi connectivity index (χ0) is 13.6. The Morgan fingerprint density at radius 3 is 2.22 bits per heavy atom. The fourth-order valence-electron chi connectivity index (χ4n) is 2.93. The quantitative estimate of drug-likeness (QED) is 0.330. The second kappa shape index (κ2) is 8.08. The van der Waals surface area contributed by atoms with E-state index in [1.54, 1.807) is 0 Å². The molecule has 1 rings (SSSR count). The number of hydrogen-bond donors (Lipinski definition) is 0. The van der Waals surface area contributed by atoms with Gasteiger partial charge in [0.15, 0.2) is 0 Å². The van der Waals surface area contributed by atoms with Crippen molar-refractivity contribution in [1.29, 1.82) is 0 Å². The molecule has 1 fully saturated rings. The maximum atomic E-state index is 6.29. The third-order valence-electron chi connectivity index (χ3n) is 4.46. The molecule has 0 amide bonds. The molecule has 0 saturated heterocycles. The summed E-state index contributed by atoms with van der Waals surface area (Å²) in [5.41, 5.74) is 0.211. The van der Waals surface area contributed by atoms with E-state index in [0.717, 1.165) is 28.8 Å². The normalized spacial score (nSPS) is 29.2. The van der Waals surface area contributed by atoms with Gasteiger partial charge in [-0.1, -0.05) is 50.3 Å². The van der Waals surface area contributed by atoms with Crippen LogP contribution in [0.25, 0.3) is 0 Å². The standard InChI is InChI=1S/C16H31IO/c1-13(2)6-5-11-18-16(12-17)9-7-15(8-10-16)14(3)4/h13-15H,5-12H2,1-4H3. The van der Waals surface area contributed by atoms with Crippen molar-refractivity contribution in [2.24, 2.45) is 17.8 Å². The maximum absolute atomic E-state index is 6.29. The van der Waals surface area contributed by atoms with Crippen LogP contribution in [0, 0.1) is 17.8 Å². The number of halogens is 1. The molecule has 0 N–H and O–H groups in total. The van der Waals surface area contributed by atoms with Gasteiger partial charge in [-0.05, 0) is 56.3 Å². The summed E-state index contributed by atoms with van der Waals surface area (Å²) in [6.07, 6.45) is 7.81. The molecule has 0 heterocycles. The Hall–Kier alpha value is 0.690. The Balaban J connectivity index is 2.31. The van der Waals surface area contributed by atoms with E-state index in [9.17, 15) is 0 Å². The van der Waals surface area contributed by atoms with E-state index in [4.69, 9.17) is 4.74 Å². The van der Waals surface area contributed by atoms with Gasteiger partial charge in [0, 0.05) is 11.0 Å². The number of hydrogen-bond acceptors (Lipinski definition) is 1. The van der Waals surface area contributed by atoms with Gasteiger partial charge in [0.2, 0.25) is 0 Å². The predicted octanol–water partition coefficient (Wildman–Crippen LogP) is 5.46. The average Bonchev–Trinajstić information content (AvgIpc) is 2.35. The predicted molar refractivity (Wildman–Crippen MR) is 88.4 cm³/mol. The van der Waals surface area contributed by atoms with Gasteiger partial charge in [-0.25, -0.2) is 0 Å². The van der Waals surface area contributed by atoms with Crippen LogP contribution in [0.5, 0.6) is 0 Å². The van der Waals surface area contributed by atoms with Crippen molar-refractivity contribution < 1.29 is 4.74 Å². The van der Waals surface area contributed by atoms with Crippen molar-refractivity contribution in [2.45, 2.75) is 71.8 Å². The molecule has 2 heteroatoms. The van der Waals surface area contributed by atoms with Crippen molar-refractivity contribution >= 4 is 22.6 Å². The van der Waals surface area contributed by atoms with Crippen molar-refractivity contribution in [3.05, 3.63) is 0 Å². The molecule has 0 radical (unpaired) electrons. The summed E-state index contributed by atoms with van der Waals surface area (Å²) in [5, 5.41) is 0. The molecule has 0 aliphatic heterocycles. The molecule has 0 unspecified atom stereocenters. The number of ether oxygens (including phenoxy) is 1. The zero-order valence-corrected chi connectivity index (χ0v) is 14.8. The highest BCUT2D eigenvalue weighted by Crippen LogP contribution is 2.39. The number of alkyl halides is 1. The van der Waals surface area contributed by atoms with Gasteiger partial charge < -0.3 is 4.74 Å². The highest BCUT2D eigenvalue weighted by molar-refractivity contribution is 14.1. The average molecular weight is 366 g/mol. The Morgan fingerprint density at radius 2 is 1.78 bits per heavy atom. The molecule has 18 heavy (non-hydrogen) atoms. The molecule has 1 saturated carbocycles. The lowest BCUT2D eigenvalue weighted by Gasteiger charge is -2.40. The fourth-order valence-corrected chi connectivity index (χ4v) is 3.91. The topological polar surface area (TPSA) is 9.23 Å². The van der Waals surface area contributed by atoms with Crippen molar-refractivity contribution in [3.8, 4) is 0 Å². The maximum Gasteiger partial charge on any atom is 0.0771 e. The molecule has 1 aliphatic rings. The molecule has 0 spiro atoms. The van der Waals surface area contributed by atoms with Crippen LogP contribution >= 0.6 is 22.6 Å². The van der Waals surface area contributed by atoms with Crippen LogP contribution in [0.15, 0.2) is 0 Å². The monoisotopic (exact) mass is 366 g/mol. The van der Waals surface area contributed by atoms with Crippen molar-refractivity contribution in [1.82, 2.24) is 0 Å². The first-order chi connectivity index (χ1) is 8.49. The summed E-state index contributed by atoms with van der Waals surface area (Å²) in [7, 11) is 0. The first-order valence-electron chi connectivity index (χ1n) is 7.69. The smallest absolute Gasteiger partial charge is 0.0771 e. The van der Waals surface area contributed by atoms with Crippen molar-refractivity contribution in [3.63, 3.8) is 0 Å². The molecule has 0 aromatic heterocycles. The van der Waals surface area contributed by atoms with Crippen LogP contribution < -0.4 is 0 Å². The van der Waals surface area contributed by atoms with Crippen LogP contribution in [-0.4, -0.2) is 16.6 Å². The molecule has 0 aromatic rings. The first kappa shape index (κ1) is 16.7. The first-order valence-corrected chi connectivity index (χ1v) is 9.21. The van der Waals surface area contributed by atoms with Gasteiger partial charge in [0.05, 0.1) is 5.60 Å². The van der Waals surface area contributed by atoms with E-state index >= 15 is 0 Å².